The number of rotatable bonds is 3. The van der Waals surface area contributed by atoms with Crippen LogP contribution in [0, 0.1) is 0 Å². The zero-order valence-corrected chi connectivity index (χ0v) is 12.7. The summed E-state index contributed by atoms with van der Waals surface area (Å²) in [6.07, 6.45) is 0.889. The van der Waals surface area contributed by atoms with E-state index in [9.17, 15) is 9.59 Å². The normalized spacial score (nSPS) is 15.0. The van der Waals surface area contributed by atoms with Crippen LogP contribution in [0.25, 0.3) is 0 Å². The molecule has 1 aromatic heterocycles. The van der Waals surface area contributed by atoms with Gasteiger partial charge in [0.1, 0.15) is 0 Å². The topological polar surface area (TPSA) is 71.0 Å². The lowest BCUT2D eigenvalue weighted by atomic mass is 10.2. The van der Waals surface area contributed by atoms with E-state index in [1.54, 1.807) is 7.05 Å². The van der Waals surface area contributed by atoms with Gasteiger partial charge in [-0.15, -0.1) is 5.10 Å². The Balaban J connectivity index is 1.77. The average Bonchev–Trinajstić information content (AvgIpc) is 3.05. The summed E-state index contributed by atoms with van der Waals surface area (Å²) >= 11 is 1.29. The minimum atomic E-state index is -0.301. The number of fused-ring (bicyclic) bond motifs is 1. The summed E-state index contributed by atoms with van der Waals surface area (Å²) < 4.78 is 1.41. The Kier molecular flexibility index (Phi) is 3.59. The number of benzene rings is 1. The van der Waals surface area contributed by atoms with E-state index in [4.69, 9.17) is 0 Å². The maximum Gasteiger partial charge on any atom is 0.343 e. The van der Waals surface area contributed by atoms with E-state index in [0.29, 0.717) is 11.7 Å². The Morgan fingerprint density at radius 3 is 2.90 bits per heavy atom. The molecule has 0 aliphatic carbocycles. The zero-order chi connectivity index (χ0) is 15.0. The van der Waals surface area contributed by atoms with Crippen LogP contribution in [0.5, 0.6) is 0 Å². The molecule has 0 bridgehead atoms. The highest BCUT2D eigenvalue weighted by molar-refractivity contribution is 8.00. The van der Waals surface area contributed by atoms with E-state index in [2.05, 4.69) is 16.3 Å². The van der Waals surface area contributed by atoms with Crippen molar-refractivity contribution in [3.05, 3.63) is 40.3 Å². The third kappa shape index (κ3) is 2.49. The average molecular weight is 304 g/mol. The monoisotopic (exact) mass is 304 g/mol. The van der Waals surface area contributed by atoms with E-state index < -0.39 is 0 Å². The number of aromatic amines is 1. The van der Waals surface area contributed by atoms with Gasteiger partial charge in [0.25, 0.3) is 0 Å². The van der Waals surface area contributed by atoms with Gasteiger partial charge in [0.2, 0.25) is 5.91 Å². The van der Waals surface area contributed by atoms with Gasteiger partial charge in [-0.05, 0) is 25.0 Å². The number of anilines is 1. The molecule has 2 aromatic rings. The van der Waals surface area contributed by atoms with Crippen LogP contribution in [0.4, 0.5) is 5.69 Å². The number of hydrogen-bond donors (Lipinski definition) is 1. The standard InChI is InChI=1S/C14H16N4O2S/c1-9(21-14-16-15-13(20)17(14)2)12(19)18-8-7-10-5-3-4-6-11(10)18/h3-6,9H,7-8H2,1-2H3,(H,15,20). The summed E-state index contributed by atoms with van der Waals surface area (Å²) in [4.78, 5) is 25.8. The molecule has 0 fully saturated rings. The first kappa shape index (κ1) is 13.9. The van der Waals surface area contributed by atoms with Gasteiger partial charge in [-0.3, -0.25) is 9.36 Å². The number of aromatic nitrogens is 3. The molecule has 6 nitrogen and oxygen atoms in total. The van der Waals surface area contributed by atoms with Crippen molar-refractivity contribution in [2.75, 3.05) is 11.4 Å². The van der Waals surface area contributed by atoms with Gasteiger partial charge >= 0.3 is 5.69 Å². The van der Waals surface area contributed by atoms with Crippen molar-refractivity contribution in [3.8, 4) is 0 Å². The predicted octanol–water partition coefficient (Wildman–Crippen LogP) is 1.18. The first-order chi connectivity index (χ1) is 10.1. The largest absolute Gasteiger partial charge is 0.343 e. The molecule has 1 aromatic carbocycles. The summed E-state index contributed by atoms with van der Waals surface area (Å²) in [5.74, 6) is 0.0420. The van der Waals surface area contributed by atoms with E-state index >= 15 is 0 Å². The summed E-state index contributed by atoms with van der Waals surface area (Å²) in [6.45, 7) is 2.55. The molecule has 1 aliphatic rings. The van der Waals surface area contributed by atoms with Crippen LogP contribution < -0.4 is 10.6 Å². The van der Waals surface area contributed by atoms with Gasteiger partial charge in [0, 0.05) is 19.3 Å². The number of amides is 1. The molecule has 1 amide bonds. The molecule has 2 heterocycles. The van der Waals surface area contributed by atoms with Crippen LogP contribution in [0.1, 0.15) is 12.5 Å². The maximum absolute atomic E-state index is 12.6. The molecule has 1 unspecified atom stereocenters. The lowest BCUT2D eigenvalue weighted by Gasteiger charge is -2.20. The van der Waals surface area contributed by atoms with Gasteiger partial charge < -0.3 is 4.90 Å². The molecule has 0 saturated heterocycles. The predicted molar refractivity (Wildman–Crippen MR) is 81.6 cm³/mol. The fourth-order valence-corrected chi connectivity index (χ4v) is 3.32. The van der Waals surface area contributed by atoms with Crippen LogP contribution in [0.3, 0.4) is 0 Å². The van der Waals surface area contributed by atoms with E-state index in [0.717, 1.165) is 12.1 Å². The summed E-state index contributed by atoms with van der Waals surface area (Å²) in [7, 11) is 1.64. The fraction of sp³-hybridized carbons (Fsp3) is 0.357. The number of nitrogens with zero attached hydrogens (tertiary/aromatic N) is 3. The molecule has 3 rings (SSSR count). The van der Waals surface area contributed by atoms with Crippen molar-refractivity contribution in [2.45, 2.75) is 23.8 Å². The molecule has 21 heavy (non-hydrogen) atoms. The van der Waals surface area contributed by atoms with Crippen LogP contribution in [-0.2, 0) is 18.3 Å². The van der Waals surface area contributed by atoms with Gasteiger partial charge in [0.05, 0.1) is 5.25 Å². The first-order valence-corrected chi connectivity index (χ1v) is 7.63. The number of para-hydroxylation sites is 1. The first-order valence-electron chi connectivity index (χ1n) is 6.75. The van der Waals surface area contributed by atoms with Crippen molar-refractivity contribution >= 4 is 23.4 Å². The van der Waals surface area contributed by atoms with Crippen molar-refractivity contribution in [2.24, 2.45) is 7.05 Å². The third-order valence-electron chi connectivity index (χ3n) is 3.62. The SMILES string of the molecule is CC(Sc1n[nH]c(=O)n1C)C(=O)N1CCc2ccccc21. The lowest BCUT2D eigenvalue weighted by molar-refractivity contribution is -0.117. The van der Waals surface area contributed by atoms with Crippen LogP contribution in [0.2, 0.25) is 0 Å². The quantitative estimate of drug-likeness (QED) is 0.864. The summed E-state index contributed by atoms with van der Waals surface area (Å²) in [6, 6.07) is 7.96. The Labute approximate surface area is 126 Å². The highest BCUT2D eigenvalue weighted by Crippen LogP contribution is 2.30. The summed E-state index contributed by atoms with van der Waals surface area (Å²) in [5.41, 5.74) is 1.92. The van der Waals surface area contributed by atoms with Crippen LogP contribution in [0.15, 0.2) is 34.2 Å². The Bertz CT molecular complexity index is 737. The minimum Gasteiger partial charge on any atom is -0.311 e. The Morgan fingerprint density at radius 2 is 2.19 bits per heavy atom. The molecule has 110 valence electrons. The van der Waals surface area contributed by atoms with E-state index in [1.807, 2.05) is 30.0 Å². The highest BCUT2D eigenvalue weighted by atomic mass is 32.2. The molecule has 0 radical (unpaired) electrons. The van der Waals surface area contributed by atoms with Crippen LogP contribution in [-0.4, -0.2) is 32.5 Å². The number of carbonyl (C=O) groups is 1. The molecule has 7 heteroatoms. The number of hydrogen-bond acceptors (Lipinski definition) is 4. The Morgan fingerprint density at radius 1 is 1.43 bits per heavy atom. The minimum absolute atomic E-state index is 0.0420. The number of carbonyl (C=O) groups excluding carboxylic acids is 1. The molecule has 0 saturated carbocycles. The van der Waals surface area contributed by atoms with Gasteiger partial charge in [-0.2, -0.15) is 0 Å². The molecule has 1 aliphatic heterocycles. The number of thioether (sulfide) groups is 1. The molecular formula is C14H16N4O2S. The molecule has 1 atom stereocenters. The third-order valence-corrected chi connectivity index (χ3v) is 4.75. The Hall–Kier alpha value is -2.02. The van der Waals surface area contributed by atoms with Crippen molar-refractivity contribution in [1.29, 1.82) is 0 Å². The number of H-pyrrole nitrogens is 1. The molecule has 1 N–H and O–H groups in total. The van der Waals surface area contributed by atoms with Gasteiger partial charge in [0.15, 0.2) is 5.16 Å². The number of nitrogens with one attached hydrogen (secondary N) is 1. The molecular weight excluding hydrogens is 288 g/mol. The zero-order valence-electron chi connectivity index (χ0n) is 11.9. The molecule has 0 spiro atoms. The van der Waals surface area contributed by atoms with E-state index in [-0.39, 0.29) is 16.8 Å². The highest BCUT2D eigenvalue weighted by Gasteiger charge is 2.29. The lowest BCUT2D eigenvalue weighted by Crippen LogP contribution is -2.35. The second-order valence-corrected chi connectivity index (χ2v) is 6.31. The second kappa shape index (κ2) is 5.40. The van der Waals surface area contributed by atoms with Gasteiger partial charge in [-0.1, -0.05) is 30.0 Å². The maximum atomic E-state index is 12.6. The second-order valence-electron chi connectivity index (χ2n) is 5.00. The van der Waals surface area contributed by atoms with Gasteiger partial charge in [-0.25, -0.2) is 9.89 Å². The smallest absolute Gasteiger partial charge is 0.311 e. The summed E-state index contributed by atoms with van der Waals surface area (Å²) in [5, 5.41) is 6.53. The van der Waals surface area contributed by atoms with Crippen molar-refractivity contribution in [3.63, 3.8) is 0 Å². The fourth-order valence-electron chi connectivity index (χ4n) is 2.43. The van der Waals surface area contributed by atoms with Crippen LogP contribution >= 0.6 is 11.8 Å². The van der Waals surface area contributed by atoms with E-state index in [1.165, 1.54) is 21.9 Å². The van der Waals surface area contributed by atoms with Crippen molar-refractivity contribution < 1.29 is 4.79 Å². The van der Waals surface area contributed by atoms with Crippen molar-refractivity contribution in [1.82, 2.24) is 14.8 Å².